The quantitative estimate of drug-likeness (QED) is 0.559. The molecule has 0 spiro atoms. The van der Waals surface area contributed by atoms with Crippen LogP contribution in [0.2, 0.25) is 0 Å². The molecule has 98 valence electrons. The normalized spacial score (nSPS) is 21.5. The van der Waals surface area contributed by atoms with Crippen LogP contribution in [0.15, 0.2) is 0 Å². The van der Waals surface area contributed by atoms with Gasteiger partial charge in [0.15, 0.2) is 0 Å². The first-order valence-corrected chi connectivity index (χ1v) is 5.33. The minimum absolute atomic E-state index is 0.331. The monoisotopic (exact) mass is 246 g/mol. The third kappa shape index (κ3) is 3.77. The van der Waals surface area contributed by atoms with Crippen molar-refractivity contribution >= 4 is 12.2 Å². The molecule has 1 atom stereocenters. The van der Waals surface area contributed by atoms with E-state index in [1.165, 1.54) is 4.90 Å². The van der Waals surface area contributed by atoms with E-state index in [2.05, 4.69) is 0 Å². The maximum Gasteiger partial charge on any atom is 0.510 e. The maximum atomic E-state index is 11.4. The van der Waals surface area contributed by atoms with Gasteiger partial charge in [0.2, 0.25) is 6.23 Å². The molecule has 0 aromatic rings. The highest BCUT2D eigenvalue weighted by Gasteiger charge is 2.34. The van der Waals surface area contributed by atoms with Crippen molar-refractivity contribution in [3.05, 3.63) is 0 Å². The second-order valence-corrected chi connectivity index (χ2v) is 4.87. The molecule has 7 heteroatoms. The molecule has 1 N–H and O–H groups in total. The summed E-state index contributed by atoms with van der Waals surface area (Å²) in [5.41, 5.74) is -0.674. The fourth-order valence-electron chi connectivity index (χ4n) is 1.31. The number of ether oxygens (including phenoxy) is 2. The Morgan fingerprint density at radius 1 is 1.47 bits per heavy atom. The van der Waals surface area contributed by atoms with Crippen molar-refractivity contribution in [2.45, 2.75) is 39.0 Å². The van der Waals surface area contributed by atoms with E-state index in [-0.39, 0.29) is 0 Å². The fraction of sp³-hybridized carbons (Fsp3) is 0.800. The topological polar surface area (TPSA) is 79.3 Å². The van der Waals surface area contributed by atoms with Gasteiger partial charge in [0, 0.05) is 20.0 Å². The largest absolute Gasteiger partial charge is 0.510 e. The number of carbonyl (C=O) groups excluding carboxylic acids is 2. The molecule has 0 aromatic carbocycles. The van der Waals surface area contributed by atoms with Gasteiger partial charge >= 0.3 is 12.2 Å². The number of urea groups is 1. The van der Waals surface area contributed by atoms with E-state index in [0.717, 1.165) is 0 Å². The molecule has 0 saturated carbocycles. The predicted molar refractivity (Wildman–Crippen MR) is 57.4 cm³/mol. The molecule has 0 bridgehead atoms. The summed E-state index contributed by atoms with van der Waals surface area (Å²) in [5, 5.41) is 9.86. The van der Waals surface area contributed by atoms with Crippen LogP contribution in [0.3, 0.4) is 0 Å². The van der Waals surface area contributed by atoms with E-state index in [0.29, 0.717) is 18.0 Å². The summed E-state index contributed by atoms with van der Waals surface area (Å²) >= 11 is 0. The van der Waals surface area contributed by atoms with Crippen molar-refractivity contribution in [1.82, 2.24) is 9.96 Å². The Morgan fingerprint density at radius 3 is 2.59 bits per heavy atom. The molecule has 1 saturated heterocycles. The zero-order chi connectivity index (χ0) is 13.2. The minimum atomic E-state index is -0.992. The zero-order valence-electron chi connectivity index (χ0n) is 10.5. The summed E-state index contributed by atoms with van der Waals surface area (Å²) in [6.07, 6.45) is -1.56. The molecule has 1 aliphatic rings. The van der Waals surface area contributed by atoms with Crippen LogP contribution in [0.5, 0.6) is 0 Å². The van der Waals surface area contributed by atoms with Gasteiger partial charge in [-0.15, -0.1) is 0 Å². The van der Waals surface area contributed by atoms with Gasteiger partial charge in [-0.05, 0) is 20.8 Å². The summed E-state index contributed by atoms with van der Waals surface area (Å²) in [5.74, 6) is 0. The highest BCUT2D eigenvalue weighted by Crippen LogP contribution is 2.16. The molecule has 1 unspecified atom stereocenters. The second-order valence-electron chi connectivity index (χ2n) is 4.87. The fourth-order valence-corrected chi connectivity index (χ4v) is 1.31. The number of hydrogen-bond donors (Lipinski definition) is 1. The van der Waals surface area contributed by atoms with Gasteiger partial charge in [0.05, 0.1) is 0 Å². The van der Waals surface area contributed by atoms with Crippen LogP contribution in [0.4, 0.5) is 9.59 Å². The van der Waals surface area contributed by atoms with Gasteiger partial charge < -0.3 is 14.4 Å². The number of rotatable bonds is 1. The summed E-state index contributed by atoms with van der Waals surface area (Å²) in [6, 6.07) is -0.607. The maximum absolute atomic E-state index is 11.4. The number of nitrogens with zero attached hydrogens (tertiary/aromatic N) is 2. The van der Waals surface area contributed by atoms with E-state index >= 15 is 0 Å². The minimum Gasteiger partial charge on any atom is -0.429 e. The summed E-state index contributed by atoms with van der Waals surface area (Å²) in [7, 11) is 1.55. The molecule has 0 radical (unpaired) electrons. The molecule has 2 amide bonds. The van der Waals surface area contributed by atoms with E-state index in [1.807, 2.05) is 0 Å². The zero-order valence-corrected chi connectivity index (χ0v) is 10.5. The lowest BCUT2D eigenvalue weighted by Crippen LogP contribution is -2.53. The number of hydroxylamine groups is 2. The van der Waals surface area contributed by atoms with Gasteiger partial charge in [-0.1, -0.05) is 0 Å². The molecule has 17 heavy (non-hydrogen) atoms. The van der Waals surface area contributed by atoms with Crippen molar-refractivity contribution in [2.24, 2.45) is 0 Å². The summed E-state index contributed by atoms with van der Waals surface area (Å²) in [6.45, 7) is 5.50. The Kier molecular flexibility index (Phi) is 3.82. The van der Waals surface area contributed by atoms with Gasteiger partial charge in [-0.2, -0.15) is 5.06 Å². The predicted octanol–water partition coefficient (Wildman–Crippen LogP) is 1.41. The first-order chi connectivity index (χ1) is 7.70. The number of hydrogen-bond acceptors (Lipinski definition) is 5. The summed E-state index contributed by atoms with van der Waals surface area (Å²) in [4.78, 5) is 24.1. The Bertz CT molecular complexity index is 312. The highest BCUT2D eigenvalue weighted by atomic mass is 16.8. The van der Waals surface area contributed by atoms with Crippen molar-refractivity contribution in [3.63, 3.8) is 0 Å². The first kappa shape index (κ1) is 13.6. The molecule has 0 aliphatic carbocycles. The molecule has 1 aliphatic heterocycles. The first-order valence-electron chi connectivity index (χ1n) is 5.33. The molecule has 1 rings (SSSR count). The molecule has 1 heterocycles. The van der Waals surface area contributed by atoms with Crippen molar-refractivity contribution in [3.8, 4) is 0 Å². The van der Waals surface area contributed by atoms with Crippen LogP contribution in [0.25, 0.3) is 0 Å². The van der Waals surface area contributed by atoms with Crippen LogP contribution in [-0.4, -0.2) is 52.8 Å². The molecule has 7 nitrogen and oxygen atoms in total. The van der Waals surface area contributed by atoms with Gasteiger partial charge in [0.1, 0.15) is 5.60 Å². The van der Waals surface area contributed by atoms with Gasteiger partial charge in [-0.3, -0.25) is 5.21 Å². The lowest BCUT2D eigenvalue weighted by Gasteiger charge is -2.34. The van der Waals surface area contributed by atoms with E-state index < -0.39 is 24.0 Å². The van der Waals surface area contributed by atoms with Gasteiger partial charge in [0.25, 0.3) is 0 Å². The Hall–Kier alpha value is -1.50. The highest BCUT2D eigenvalue weighted by molar-refractivity contribution is 5.74. The van der Waals surface area contributed by atoms with E-state index in [1.54, 1.807) is 27.8 Å². The smallest absolute Gasteiger partial charge is 0.429 e. The van der Waals surface area contributed by atoms with Crippen LogP contribution >= 0.6 is 0 Å². The third-order valence-corrected chi connectivity index (χ3v) is 2.13. The third-order valence-electron chi connectivity index (χ3n) is 2.13. The standard InChI is InChI=1S/C10H18N2O5/c1-10(2,3)17-9(14)16-7-5-6-11(4)8(13)12(7)15/h7,15H,5-6H2,1-4H3. The Labute approximate surface area is 99.8 Å². The van der Waals surface area contributed by atoms with Crippen molar-refractivity contribution in [1.29, 1.82) is 0 Å². The van der Waals surface area contributed by atoms with Crippen molar-refractivity contribution < 1.29 is 24.3 Å². The SMILES string of the molecule is CN1CCC(OC(=O)OC(C)(C)C)N(O)C1=O. The Morgan fingerprint density at radius 2 is 2.06 bits per heavy atom. The van der Waals surface area contributed by atoms with Crippen LogP contribution in [0.1, 0.15) is 27.2 Å². The molecule has 1 fully saturated rings. The lowest BCUT2D eigenvalue weighted by atomic mass is 10.2. The average molecular weight is 246 g/mol. The summed E-state index contributed by atoms with van der Waals surface area (Å²) < 4.78 is 9.79. The van der Waals surface area contributed by atoms with Gasteiger partial charge in [-0.25, -0.2) is 9.59 Å². The molecular weight excluding hydrogens is 228 g/mol. The van der Waals surface area contributed by atoms with E-state index in [9.17, 15) is 14.8 Å². The second kappa shape index (κ2) is 4.79. The number of carbonyl (C=O) groups is 2. The molecular formula is C10H18N2O5. The average Bonchev–Trinajstić information content (AvgIpc) is 2.16. The molecule has 0 aromatic heterocycles. The number of amides is 2. The van der Waals surface area contributed by atoms with Crippen LogP contribution in [-0.2, 0) is 9.47 Å². The van der Waals surface area contributed by atoms with E-state index in [4.69, 9.17) is 9.47 Å². The van der Waals surface area contributed by atoms with Crippen LogP contribution in [0, 0.1) is 0 Å². The van der Waals surface area contributed by atoms with Crippen molar-refractivity contribution in [2.75, 3.05) is 13.6 Å². The Balaban J connectivity index is 2.52. The van der Waals surface area contributed by atoms with Crippen LogP contribution < -0.4 is 0 Å². The lowest BCUT2D eigenvalue weighted by molar-refractivity contribution is -0.187.